The van der Waals surface area contributed by atoms with Crippen molar-refractivity contribution in [3.63, 3.8) is 0 Å². The quantitative estimate of drug-likeness (QED) is 0.281. The first-order chi connectivity index (χ1) is 17.0. The normalized spacial score (nSPS) is 44.0. The van der Waals surface area contributed by atoms with E-state index in [4.69, 9.17) is 9.47 Å². The maximum Gasteiger partial charge on any atom is 0.333 e. The minimum atomic E-state index is -0.127. The van der Waals surface area contributed by atoms with E-state index in [1.807, 2.05) is 13.8 Å². The Kier molecular flexibility index (Phi) is 6.32. The van der Waals surface area contributed by atoms with Crippen molar-refractivity contribution in [3.8, 4) is 0 Å². The Morgan fingerprint density at radius 1 is 1.17 bits per heavy atom. The Morgan fingerprint density at radius 2 is 1.92 bits per heavy atom. The number of fused-ring (bicyclic) bond motifs is 2. The van der Waals surface area contributed by atoms with Crippen LogP contribution in [0.15, 0.2) is 22.8 Å². The second-order valence-electron chi connectivity index (χ2n) is 13.7. The van der Waals surface area contributed by atoms with Crippen LogP contribution in [0.4, 0.5) is 0 Å². The molecule has 0 aromatic carbocycles. The maximum absolute atomic E-state index is 12.4. The molecule has 1 heterocycles. The molecule has 36 heavy (non-hydrogen) atoms. The Morgan fingerprint density at radius 3 is 2.58 bits per heavy atom. The smallest absolute Gasteiger partial charge is 0.333 e. The summed E-state index contributed by atoms with van der Waals surface area (Å²) in [6.07, 6.45) is 13.2. The molecule has 0 bridgehead atoms. The molecular weight excluding hydrogens is 448 g/mol. The highest BCUT2D eigenvalue weighted by molar-refractivity contribution is 5.88. The zero-order valence-corrected chi connectivity index (χ0v) is 23.8. The van der Waals surface area contributed by atoms with Gasteiger partial charge in [0.2, 0.25) is 0 Å². The van der Waals surface area contributed by atoms with Gasteiger partial charge in [-0.25, -0.2) is 4.79 Å². The van der Waals surface area contributed by atoms with E-state index in [0.717, 1.165) is 18.4 Å². The number of rotatable bonds is 6. The monoisotopic (exact) mass is 496 g/mol. The maximum atomic E-state index is 12.4. The molecule has 8 atom stereocenters. The first-order valence-corrected chi connectivity index (χ1v) is 14.7. The minimum absolute atomic E-state index is 0.00879. The zero-order valence-electron chi connectivity index (χ0n) is 23.8. The van der Waals surface area contributed by atoms with Crippen LogP contribution in [0.2, 0.25) is 0 Å². The minimum Gasteiger partial charge on any atom is -0.466 e. The predicted octanol–water partition coefficient (Wildman–Crippen LogP) is 7.57. The van der Waals surface area contributed by atoms with Gasteiger partial charge in [0.1, 0.15) is 6.10 Å². The Bertz CT molecular complexity index is 1000. The highest BCUT2D eigenvalue weighted by atomic mass is 16.5. The summed E-state index contributed by atoms with van der Waals surface area (Å²) in [7, 11) is 0. The van der Waals surface area contributed by atoms with E-state index in [-0.39, 0.29) is 28.9 Å². The van der Waals surface area contributed by atoms with E-state index < -0.39 is 0 Å². The number of hydrogen-bond donors (Lipinski definition) is 0. The van der Waals surface area contributed by atoms with E-state index in [1.165, 1.54) is 50.5 Å². The van der Waals surface area contributed by atoms with Crippen LogP contribution < -0.4 is 0 Å². The van der Waals surface area contributed by atoms with Crippen LogP contribution in [-0.2, 0) is 19.1 Å². The van der Waals surface area contributed by atoms with Gasteiger partial charge in [-0.05, 0) is 118 Å². The summed E-state index contributed by atoms with van der Waals surface area (Å²) >= 11 is 0. The van der Waals surface area contributed by atoms with Crippen molar-refractivity contribution in [1.29, 1.82) is 0 Å². The van der Waals surface area contributed by atoms with Gasteiger partial charge in [0.05, 0.1) is 6.61 Å². The molecule has 5 aliphatic rings. The topological polar surface area (TPSA) is 52.6 Å². The summed E-state index contributed by atoms with van der Waals surface area (Å²) in [5.41, 5.74) is 5.02. The van der Waals surface area contributed by atoms with Gasteiger partial charge in [-0.15, -0.1) is 0 Å². The summed E-state index contributed by atoms with van der Waals surface area (Å²) in [5.74, 6) is 1.52. The summed E-state index contributed by atoms with van der Waals surface area (Å²) in [6.45, 7) is 16.4. The van der Waals surface area contributed by atoms with Crippen molar-refractivity contribution in [2.24, 2.45) is 39.4 Å². The van der Waals surface area contributed by atoms with Crippen LogP contribution in [0, 0.1) is 39.4 Å². The van der Waals surface area contributed by atoms with Crippen molar-refractivity contribution in [1.82, 2.24) is 0 Å². The number of esters is 2. The largest absolute Gasteiger partial charge is 0.466 e. The predicted molar refractivity (Wildman–Crippen MR) is 142 cm³/mol. The molecule has 0 amide bonds. The summed E-state index contributed by atoms with van der Waals surface area (Å²) < 4.78 is 11.3. The number of hydrogen-bond acceptors (Lipinski definition) is 4. The number of allylic oxidation sites excluding steroid dienone is 2. The molecule has 1 spiro atoms. The standard InChI is InChI=1S/C32H48O4/c1-8-35-27(33)14-16-31-19-32(31)18-17-29(6)24(22(5)25-11-9-21(4)28(34)36-25)13-15-30(29,7)26(32)12-10-23(31)20(2)3/h9,22,24-26H,8,10-19H2,1-7H3/t22-,24+,25+,26+,29+,30-,31+,32-/m0/s1. The number of carbonyl (C=O) groups excluding carboxylic acids is 2. The van der Waals surface area contributed by atoms with Crippen molar-refractivity contribution in [3.05, 3.63) is 22.8 Å². The third kappa shape index (κ3) is 3.44. The van der Waals surface area contributed by atoms with Gasteiger partial charge in [0, 0.05) is 18.4 Å². The average Bonchev–Trinajstić information content (AvgIpc) is 3.42. The molecular formula is C32H48O4. The third-order valence-electron chi connectivity index (χ3n) is 12.5. The first-order valence-electron chi connectivity index (χ1n) is 14.7. The number of cyclic esters (lactones) is 1. The molecule has 0 radical (unpaired) electrons. The lowest BCUT2D eigenvalue weighted by Crippen LogP contribution is -2.54. The van der Waals surface area contributed by atoms with Gasteiger partial charge in [-0.2, -0.15) is 0 Å². The molecule has 0 saturated heterocycles. The fourth-order valence-corrected chi connectivity index (χ4v) is 10.4. The van der Waals surface area contributed by atoms with E-state index >= 15 is 0 Å². The zero-order chi connectivity index (χ0) is 26.1. The molecule has 0 aromatic rings. The summed E-state index contributed by atoms with van der Waals surface area (Å²) in [4.78, 5) is 24.7. The van der Waals surface area contributed by atoms with Gasteiger partial charge < -0.3 is 9.47 Å². The lowest BCUT2D eigenvalue weighted by atomic mass is 9.44. The molecule has 200 valence electrons. The van der Waals surface area contributed by atoms with Crippen LogP contribution in [0.1, 0.15) is 113 Å². The van der Waals surface area contributed by atoms with Crippen molar-refractivity contribution >= 4 is 11.9 Å². The second kappa shape index (κ2) is 8.73. The highest BCUT2D eigenvalue weighted by Crippen LogP contribution is 2.87. The average molecular weight is 497 g/mol. The van der Waals surface area contributed by atoms with E-state index in [1.54, 1.807) is 5.57 Å². The molecule has 4 heteroatoms. The van der Waals surface area contributed by atoms with Crippen LogP contribution in [-0.4, -0.2) is 24.6 Å². The molecule has 0 N–H and O–H groups in total. The van der Waals surface area contributed by atoms with Gasteiger partial charge >= 0.3 is 11.9 Å². The van der Waals surface area contributed by atoms with Gasteiger partial charge in [0.15, 0.2) is 0 Å². The van der Waals surface area contributed by atoms with Gasteiger partial charge in [-0.1, -0.05) is 38.0 Å². The first kappa shape index (κ1) is 26.0. The van der Waals surface area contributed by atoms with Gasteiger partial charge in [-0.3, -0.25) is 4.79 Å². The molecule has 4 aliphatic carbocycles. The Balaban J connectivity index is 1.42. The lowest BCUT2D eigenvalue weighted by Gasteiger charge is -2.60. The van der Waals surface area contributed by atoms with Crippen LogP contribution in [0.25, 0.3) is 0 Å². The van der Waals surface area contributed by atoms with Crippen molar-refractivity contribution < 1.29 is 19.1 Å². The molecule has 4 nitrogen and oxygen atoms in total. The van der Waals surface area contributed by atoms with Crippen molar-refractivity contribution in [2.45, 2.75) is 119 Å². The Labute approximate surface area is 218 Å². The van der Waals surface area contributed by atoms with Crippen LogP contribution in [0.5, 0.6) is 0 Å². The second-order valence-corrected chi connectivity index (χ2v) is 13.7. The fraction of sp³-hybridized carbons (Fsp3) is 0.812. The molecule has 4 saturated carbocycles. The Hall–Kier alpha value is -1.58. The van der Waals surface area contributed by atoms with Crippen molar-refractivity contribution in [2.75, 3.05) is 6.61 Å². The molecule has 0 unspecified atom stereocenters. The van der Waals surface area contributed by atoms with Crippen LogP contribution in [0.3, 0.4) is 0 Å². The lowest BCUT2D eigenvalue weighted by molar-refractivity contribution is -0.153. The number of carbonyl (C=O) groups is 2. The molecule has 5 rings (SSSR count). The molecule has 4 fully saturated rings. The fourth-order valence-electron chi connectivity index (χ4n) is 10.4. The SMILES string of the molecule is CCOC(=O)CC[C@]12C[C@]13CC[C@]1(C)[C@@H]([C@H](C)[C@H]4CC=C(C)C(=O)O4)CC[C@@]1(C)[C@H]3CCC2=C(C)C. The summed E-state index contributed by atoms with van der Waals surface area (Å²) in [5, 5.41) is 0. The molecule has 1 aliphatic heterocycles. The third-order valence-corrected chi connectivity index (χ3v) is 12.5. The van der Waals surface area contributed by atoms with E-state index in [2.05, 4.69) is 40.7 Å². The van der Waals surface area contributed by atoms with Crippen LogP contribution >= 0.6 is 0 Å². The summed E-state index contributed by atoms with van der Waals surface area (Å²) in [6, 6.07) is 0. The van der Waals surface area contributed by atoms with E-state index in [9.17, 15) is 9.59 Å². The number of ether oxygens (including phenoxy) is 2. The highest BCUT2D eigenvalue weighted by Gasteiger charge is 2.79. The van der Waals surface area contributed by atoms with Gasteiger partial charge in [0.25, 0.3) is 0 Å². The van der Waals surface area contributed by atoms with E-state index in [0.29, 0.717) is 41.6 Å². The molecule has 0 aromatic heterocycles.